The maximum atomic E-state index is 6.19. The molecule has 0 aliphatic rings. The number of nitrogens with zero attached hydrogens (tertiary/aromatic N) is 1. The first-order valence-corrected chi connectivity index (χ1v) is 7.20. The maximum absolute atomic E-state index is 6.19. The van der Waals surface area contributed by atoms with Gasteiger partial charge in [0.2, 0.25) is 0 Å². The Bertz CT molecular complexity index is 541. The molecule has 19 heavy (non-hydrogen) atoms. The predicted molar refractivity (Wildman–Crippen MR) is 80.5 cm³/mol. The van der Waals surface area contributed by atoms with E-state index in [1.807, 2.05) is 24.3 Å². The average molecular weight is 278 g/mol. The van der Waals surface area contributed by atoms with Gasteiger partial charge in [-0.2, -0.15) is 0 Å². The van der Waals surface area contributed by atoms with Crippen molar-refractivity contribution in [2.45, 2.75) is 33.3 Å². The molecule has 1 heterocycles. The van der Waals surface area contributed by atoms with Crippen LogP contribution in [0.25, 0.3) is 10.9 Å². The monoisotopic (exact) mass is 277 g/mol. The van der Waals surface area contributed by atoms with Gasteiger partial charge >= 0.3 is 0 Å². The Morgan fingerprint density at radius 1 is 1.32 bits per heavy atom. The van der Waals surface area contributed by atoms with Crippen LogP contribution in [0.4, 0.5) is 0 Å². The standard InChI is InChI=1S/C16H20ClNO/c1-3-6-12(2)10-19-11-14-9-13-7-4-5-8-15(13)18-16(14)17/h4-5,7-9,12H,3,6,10-11H2,1-2H3. The van der Waals surface area contributed by atoms with Crippen LogP contribution in [0.15, 0.2) is 30.3 Å². The van der Waals surface area contributed by atoms with Crippen LogP contribution in [-0.2, 0) is 11.3 Å². The number of halogens is 1. The zero-order valence-electron chi connectivity index (χ0n) is 11.5. The predicted octanol–water partition coefficient (Wildman–Crippen LogP) is 4.84. The minimum Gasteiger partial charge on any atom is -0.376 e. The fourth-order valence-electron chi connectivity index (χ4n) is 2.18. The number of ether oxygens (including phenoxy) is 1. The molecule has 1 atom stereocenters. The Morgan fingerprint density at radius 2 is 2.11 bits per heavy atom. The van der Waals surface area contributed by atoms with Gasteiger partial charge in [-0.3, -0.25) is 0 Å². The van der Waals surface area contributed by atoms with E-state index in [0.29, 0.717) is 17.7 Å². The zero-order valence-corrected chi connectivity index (χ0v) is 12.3. The average Bonchev–Trinajstić information content (AvgIpc) is 2.39. The van der Waals surface area contributed by atoms with Crippen LogP contribution in [0.2, 0.25) is 5.15 Å². The second kappa shape index (κ2) is 6.88. The third-order valence-electron chi connectivity index (χ3n) is 3.19. The lowest BCUT2D eigenvalue weighted by Crippen LogP contribution is -2.06. The van der Waals surface area contributed by atoms with Gasteiger partial charge in [0.15, 0.2) is 0 Å². The molecule has 1 aromatic heterocycles. The summed E-state index contributed by atoms with van der Waals surface area (Å²) in [7, 11) is 0. The number of rotatable bonds is 6. The lowest BCUT2D eigenvalue weighted by Gasteiger charge is -2.11. The van der Waals surface area contributed by atoms with E-state index in [-0.39, 0.29) is 0 Å². The molecule has 1 unspecified atom stereocenters. The molecule has 102 valence electrons. The molecule has 1 aromatic carbocycles. The fraction of sp³-hybridized carbons (Fsp3) is 0.438. The third kappa shape index (κ3) is 3.92. The van der Waals surface area contributed by atoms with Crippen molar-refractivity contribution in [3.63, 3.8) is 0 Å². The molecule has 0 aliphatic carbocycles. The van der Waals surface area contributed by atoms with Crippen LogP contribution in [0.3, 0.4) is 0 Å². The van der Waals surface area contributed by atoms with Gasteiger partial charge in [0.05, 0.1) is 12.1 Å². The number of pyridine rings is 1. The van der Waals surface area contributed by atoms with E-state index in [2.05, 4.69) is 24.9 Å². The fourth-order valence-corrected chi connectivity index (χ4v) is 2.38. The Labute approximate surface area is 119 Å². The van der Waals surface area contributed by atoms with Gasteiger partial charge < -0.3 is 4.74 Å². The SMILES string of the molecule is CCCC(C)COCc1cc2ccccc2nc1Cl. The second-order valence-corrected chi connectivity index (χ2v) is 5.40. The number of fused-ring (bicyclic) bond motifs is 1. The summed E-state index contributed by atoms with van der Waals surface area (Å²) >= 11 is 6.19. The zero-order chi connectivity index (χ0) is 13.7. The summed E-state index contributed by atoms with van der Waals surface area (Å²) in [6.45, 7) is 5.71. The number of para-hydroxylation sites is 1. The van der Waals surface area contributed by atoms with Crippen molar-refractivity contribution in [1.29, 1.82) is 0 Å². The minimum absolute atomic E-state index is 0.532. The van der Waals surface area contributed by atoms with Crippen molar-refractivity contribution in [1.82, 2.24) is 4.98 Å². The topological polar surface area (TPSA) is 22.1 Å². The summed E-state index contributed by atoms with van der Waals surface area (Å²) in [5, 5.41) is 1.65. The lowest BCUT2D eigenvalue weighted by molar-refractivity contribution is 0.0893. The van der Waals surface area contributed by atoms with E-state index in [4.69, 9.17) is 16.3 Å². The van der Waals surface area contributed by atoms with E-state index in [1.54, 1.807) is 0 Å². The number of benzene rings is 1. The molecule has 0 amide bonds. The molecule has 0 saturated heterocycles. The Kier molecular flexibility index (Phi) is 5.17. The van der Waals surface area contributed by atoms with Crippen molar-refractivity contribution in [3.05, 3.63) is 41.0 Å². The highest BCUT2D eigenvalue weighted by Gasteiger charge is 2.06. The van der Waals surface area contributed by atoms with E-state index in [9.17, 15) is 0 Å². The van der Waals surface area contributed by atoms with E-state index < -0.39 is 0 Å². The highest BCUT2D eigenvalue weighted by molar-refractivity contribution is 6.30. The molecule has 0 aliphatic heterocycles. The first kappa shape index (κ1) is 14.3. The molecular formula is C16H20ClNO. The summed E-state index contributed by atoms with van der Waals surface area (Å²) < 4.78 is 5.74. The molecule has 0 N–H and O–H groups in total. The van der Waals surface area contributed by atoms with Crippen molar-refractivity contribution in [2.24, 2.45) is 5.92 Å². The molecule has 0 saturated carbocycles. The summed E-state index contributed by atoms with van der Waals surface area (Å²) in [4.78, 5) is 4.40. The highest BCUT2D eigenvalue weighted by Crippen LogP contribution is 2.21. The molecule has 0 bridgehead atoms. The van der Waals surface area contributed by atoms with Gasteiger partial charge in [-0.25, -0.2) is 4.98 Å². The van der Waals surface area contributed by atoms with Gasteiger partial charge in [-0.15, -0.1) is 0 Å². The Morgan fingerprint density at radius 3 is 2.89 bits per heavy atom. The molecule has 2 aromatic rings. The Hall–Kier alpha value is -1.12. The smallest absolute Gasteiger partial charge is 0.135 e. The van der Waals surface area contributed by atoms with E-state index in [1.165, 1.54) is 12.8 Å². The van der Waals surface area contributed by atoms with Crippen molar-refractivity contribution in [3.8, 4) is 0 Å². The number of aromatic nitrogens is 1. The molecular weight excluding hydrogens is 258 g/mol. The summed E-state index contributed by atoms with van der Waals surface area (Å²) in [5.74, 6) is 0.595. The van der Waals surface area contributed by atoms with Crippen LogP contribution in [0.5, 0.6) is 0 Å². The third-order valence-corrected chi connectivity index (χ3v) is 3.52. The highest BCUT2D eigenvalue weighted by atomic mass is 35.5. The first-order chi connectivity index (χ1) is 9.20. The molecule has 0 spiro atoms. The van der Waals surface area contributed by atoms with Crippen molar-refractivity contribution >= 4 is 22.5 Å². The number of hydrogen-bond donors (Lipinski definition) is 0. The lowest BCUT2D eigenvalue weighted by atomic mass is 10.1. The van der Waals surface area contributed by atoms with Gasteiger partial charge in [0.1, 0.15) is 5.15 Å². The normalized spacial score (nSPS) is 12.8. The van der Waals surface area contributed by atoms with Gasteiger partial charge in [0, 0.05) is 17.6 Å². The summed E-state index contributed by atoms with van der Waals surface area (Å²) in [5.41, 5.74) is 1.89. The van der Waals surface area contributed by atoms with Gasteiger partial charge in [-0.05, 0) is 24.5 Å². The van der Waals surface area contributed by atoms with Gasteiger partial charge in [-0.1, -0.05) is 50.1 Å². The summed E-state index contributed by atoms with van der Waals surface area (Å²) in [6, 6.07) is 10.0. The summed E-state index contributed by atoms with van der Waals surface area (Å²) in [6.07, 6.45) is 2.40. The van der Waals surface area contributed by atoms with Crippen LogP contribution < -0.4 is 0 Å². The van der Waals surface area contributed by atoms with Gasteiger partial charge in [0.25, 0.3) is 0 Å². The Balaban J connectivity index is 2.02. The van der Waals surface area contributed by atoms with Crippen molar-refractivity contribution in [2.75, 3.05) is 6.61 Å². The van der Waals surface area contributed by atoms with E-state index >= 15 is 0 Å². The van der Waals surface area contributed by atoms with Crippen LogP contribution in [0.1, 0.15) is 32.3 Å². The largest absolute Gasteiger partial charge is 0.376 e. The quantitative estimate of drug-likeness (QED) is 0.705. The molecule has 3 heteroatoms. The molecule has 0 radical (unpaired) electrons. The first-order valence-electron chi connectivity index (χ1n) is 6.82. The molecule has 2 rings (SSSR count). The number of hydrogen-bond acceptors (Lipinski definition) is 2. The van der Waals surface area contributed by atoms with Crippen LogP contribution in [0, 0.1) is 5.92 Å². The molecule has 0 fully saturated rings. The minimum atomic E-state index is 0.532. The van der Waals surface area contributed by atoms with Crippen LogP contribution in [-0.4, -0.2) is 11.6 Å². The second-order valence-electron chi connectivity index (χ2n) is 5.04. The van der Waals surface area contributed by atoms with E-state index in [0.717, 1.165) is 23.1 Å². The molecule has 2 nitrogen and oxygen atoms in total. The van der Waals surface area contributed by atoms with Crippen molar-refractivity contribution < 1.29 is 4.74 Å². The van der Waals surface area contributed by atoms with Crippen LogP contribution >= 0.6 is 11.6 Å². The maximum Gasteiger partial charge on any atom is 0.135 e.